The van der Waals surface area contributed by atoms with Gasteiger partial charge in [-0.3, -0.25) is 9.59 Å². The van der Waals surface area contributed by atoms with Gasteiger partial charge in [0.05, 0.1) is 29.8 Å². The molecule has 6 atom stereocenters. The lowest BCUT2D eigenvalue weighted by molar-refractivity contribution is -0.137. The van der Waals surface area contributed by atoms with E-state index >= 15 is 0 Å². The number of ether oxygens (including phenoxy) is 4. The molecule has 0 spiro atoms. The van der Waals surface area contributed by atoms with Crippen molar-refractivity contribution in [1.82, 2.24) is 0 Å². The van der Waals surface area contributed by atoms with Gasteiger partial charge in [-0.15, -0.1) is 0 Å². The molecule has 0 amide bonds. The molecule has 0 aromatic carbocycles. The summed E-state index contributed by atoms with van der Waals surface area (Å²) in [6.07, 6.45) is 17.4. The SMILES string of the molecule is COC1CCC(/C=C/C(=O)C2(C(=O)/C=C/C3CCC(OC)C(OC)C3)CCCCC2)CC1OC. The molecule has 3 rings (SSSR count). The van der Waals surface area contributed by atoms with Crippen LogP contribution in [0.2, 0.25) is 0 Å². The summed E-state index contributed by atoms with van der Waals surface area (Å²) in [5.41, 5.74) is -0.903. The van der Waals surface area contributed by atoms with Crippen LogP contribution in [0.25, 0.3) is 0 Å². The van der Waals surface area contributed by atoms with Gasteiger partial charge >= 0.3 is 0 Å². The minimum absolute atomic E-state index is 0.0254. The number of hydrogen-bond donors (Lipinski definition) is 0. The van der Waals surface area contributed by atoms with Crippen LogP contribution in [0.1, 0.15) is 70.6 Å². The maximum Gasteiger partial charge on any atom is 0.169 e. The van der Waals surface area contributed by atoms with Crippen molar-refractivity contribution in [2.24, 2.45) is 17.3 Å². The van der Waals surface area contributed by atoms with Gasteiger partial charge in [-0.05, 0) is 75.4 Å². The zero-order valence-corrected chi connectivity index (χ0v) is 21.5. The quantitative estimate of drug-likeness (QED) is 0.332. The smallest absolute Gasteiger partial charge is 0.169 e. The third-order valence-electron chi connectivity index (χ3n) is 8.44. The van der Waals surface area contributed by atoms with Crippen molar-refractivity contribution in [2.45, 2.75) is 95.0 Å². The minimum Gasteiger partial charge on any atom is -0.379 e. The van der Waals surface area contributed by atoms with E-state index in [1.807, 2.05) is 12.2 Å². The highest BCUT2D eigenvalue weighted by Gasteiger charge is 2.43. The first-order chi connectivity index (χ1) is 16.5. The van der Waals surface area contributed by atoms with E-state index in [4.69, 9.17) is 18.9 Å². The predicted molar refractivity (Wildman–Crippen MR) is 132 cm³/mol. The molecule has 0 N–H and O–H groups in total. The number of ketones is 2. The molecule has 0 aliphatic heterocycles. The number of rotatable bonds is 10. The van der Waals surface area contributed by atoms with E-state index in [0.29, 0.717) is 12.8 Å². The molecule has 192 valence electrons. The minimum atomic E-state index is -0.903. The summed E-state index contributed by atoms with van der Waals surface area (Å²) in [4.78, 5) is 26.9. The average Bonchev–Trinajstić information content (AvgIpc) is 2.90. The second-order valence-corrected chi connectivity index (χ2v) is 10.3. The van der Waals surface area contributed by atoms with Crippen LogP contribution in [0.5, 0.6) is 0 Å². The molecule has 0 radical (unpaired) electrons. The third-order valence-corrected chi connectivity index (χ3v) is 8.44. The molecule has 3 aliphatic rings. The fraction of sp³-hybridized carbons (Fsp3) is 0.786. The number of methoxy groups -OCH3 is 4. The van der Waals surface area contributed by atoms with Crippen LogP contribution in [-0.4, -0.2) is 64.4 Å². The summed E-state index contributed by atoms with van der Waals surface area (Å²) in [5, 5.41) is 0. The summed E-state index contributed by atoms with van der Waals surface area (Å²) in [6.45, 7) is 0. The fourth-order valence-electron chi connectivity index (χ4n) is 6.18. The summed E-state index contributed by atoms with van der Waals surface area (Å²) in [5.74, 6) is 0.493. The van der Waals surface area contributed by atoms with Crippen molar-refractivity contribution in [1.29, 1.82) is 0 Å². The van der Waals surface area contributed by atoms with Crippen LogP contribution in [-0.2, 0) is 28.5 Å². The number of carbonyl (C=O) groups excluding carboxylic acids is 2. The van der Waals surface area contributed by atoms with Gasteiger partial charge in [-0.25, -0.2) is 0 Å². The summed E-state index contributed by atoms with van der Waals surface area (Å²) >= 11 is 0. The van der Waals surface area contributed by atoms with E-state index in [1.165, 1.54) is 0 Å². The van der Waals surface area contributed by atoms with Crippen molar-refractivity contribution in [3.05, 3.63) is 24.3 Å². The largest absolute Gasteiger partial charge is 0.379 e. The van der Waals surface area contributed by atoms with Crippen molar-refractivity contribution < 1.29 is 28.5 Å². The zero-order chi connectivity index (χ0) is 24.6. The Bertz CT molecular complexity index is 668. The molecule has 3 fully saturated rings. The van der Waals surface area contributed by atoms with Gasteiger partial charge in [-0.2, -0.15) is 0 Å². The van der Waals surface area contributed by atoms with Gasteiger partial charge in [0.25, 0.3) is 0 Å². The summed E-state index contributed by atoms with van der Waals surface area (Å²) in [6, 6.07) is 0. The van der Waals surface area contributed by atoms with Gasteiger partial charge in [-0.1, -0.05) is 31.4 Å². The second-order valence-electron chi connectivity index (χ2n) is 10.3. The van der Waals surface area contributed by atoms with Gasteiger partial charge < -0.3 is 18.9 Å². The molecule has 6 nitrogen and oxygen atoms in total. The van der Waals surface area contributed by atoms with E-state index < -0.39 is 5.41 Å². The Kier molecular flexibility index (Phi) is 10.5. The maximum absolute atomic E-state index is 13.5. The highest BCUT2D eigenvalue weighted by atomic mass is 16.5. The Morgan fingerprint density at radius 1 is 0.618 bits per heavy atom. The van der Waals surface area contributed by atoms with Crippen LogP contribution in [0.4, 0.5) is 0 Å². The van der Waals surface area contributed by atoms with Gasteiger partial charge in [0, 0.05) is 28.4 Å². The molecule has 3 saturated carbocycles. The molecule has 0 saturated heterocycles. The first-order valence-electron chi connectivity index (χ1n) is 13.0. The van der Waals surface area contributed by atoms with Crippen LogP contribution >= 0.6 is 0 Å². The van der Waals surface area contributed by atoms with Crippen LogP contribution in [0, 0.1) is 17.3 Å². The highest BCUT2D eigenvalue weighted by Crippen LogP contribution is 2.40. The Morgan fingerprint density at radius 3 is 1.41 bits per heavy atom. The topological polar surface area (TPSA) is 71.1 Å². The monoisotopic (exact) mass is 476 g/mol. The normalized spacial score (nSPS) is 34.5. The molecular formula is C28H44O6. The predicted octanol–water partition coefficient (Wildman–Crippen LogP) is 4.85. The zero-order valence-electron chi connectivity index (χ0n) is 21.5. The Balaban J connectivity index is 1.66. The van der Waals surface area contributed by atoms with Gasteiger partial charge in [0.15, 0.2) is 11.6 Å². The average molecular weight is 477 g/mol. The Labute approximate surface area is 205 Å². The number of hydrogen-bond acceptors (Lipinski definition) is 6. The lowest BCUT2D eigenvalue weighted by Gasteiger charge is -2.35. The molecule has 6 unspecified atom stereocenters. The summed E-state index contributed by atoms with van der Waals surface area (Å²) in [7, 11) is 6.88. The maximum atomic E-state index is 13.5. The first-order valence-corrected chi connectivity index (χ1v) is 13.0. The van der Waals surface area contributed by atoms with E-state index in [-0.39, 0.29) is 47.8 Å². The molecule has 6 heteroatoms. The van der Waals surface area contributed by atoms with Crippen molar-refractivity contribution in [2.75, 3.05) is 28.4 Å². The molecular weight excluding hydrogens is 432 g/mol. The standard InChI is InChI=1S/C28H44O6/c1-31-22-12-8-20(18-24(22)33-3)10-14-26(29)28(16-6-5-7-17-28)27(30)15-11-21-9-13-23(32-2)25(19-21)34-4/h10-11,14-15,20-25H,5-9,12-13,16-19H2,1-4H3/b14-10+,15-11+. The molecule has 3 aliphatic carbocycles. The van der Waals surface area contributed by atoms with E-state index in [1.54, 1.807) is 40.6 Å². The van der Waals surface area contributed by atoms with Crippen LogP contribution in [0.3, 0.4) is 0 Å². The number of carbonyl (C=O) groups is 2. The second kappa shape index (κ2) is 13.1. The molecule has 0 heterocycles. The van der Waals surface area contributed by atoms with E-state index in [9.17, 15) is 9.59 Å². The lowest BCUT2D eigenvalue weighted by atomic mass is 9.67. The highest BCUT2D eigenvalue weighted by molar-refractivity contribution is 6.15. The molecule has 0 aromatic heterocycles. The summed E-state index contributed by atoms with van der Waals surface area (Å²) < 4.78 is 22.3. The van der Waals surface area contributed by atoms with Crippen LogP contribution in [0.15, 0.2) is 24.3 Å². The lowest BCUT2D eigenvalue weighted by Crippen LogP contribution is -2.40. The fourth-order valence-corrected chi connectivity index (χ4v) is 6.18. The van der Waals surface area contributed by atoms with Gasteiger partial charge in [0.2, 0.25) is 0 Å². The van der Waals surface area contributed by atoms with Crippen LogP contribution < -0.4 is 0 Å². The van der Waals surface area contributed by atoms with E-state index in [2.05, 4.69) is 0 Å². The third kappa shape index (κ3) is 6.45. The first kappa shape index (κ1) is 27.3. The molecule has 34 heavy (non-hydrogen) atoms. The molecule has 0 aromatic rings. The Morgan fingerprint density at radius 2 is 1.03 bits per heavy atom. The van der Waals surface area contributed by atoms with Crippen molar-refractivity contribution in [3.63, 3.8) is 0 Å². The molecule has 0 bridgehead atoms. The van der Waals surface area contributed by atoms with Crippen molar-refractivity contribution >= 4 is 11.6 Å². The number of allylic oxidation sites excluding steroid dienone is 4. The van der Waals surface area contributed by atoms with E-state index in [0.717, 1.165) is 57.8 Å². The van der Waals surface area contributed by atoms with Gasteiger partial charge in [0.1, 0.15) is 0 Å². The van der Waals surface area contributed by atoms with Crippen molar-refractivity contribution in [3.8, 4) is 0 Å². The Hall–Kier alpha value is -1.34.